The molecule has 0 aromatic heterocycles. The predicted octanol–water partition coefficient (Wildman–Crippen LogP) is 11.0. The van der Waals surface area contributed by atoms with E-state index in [1.54, 1.807) is 0 Å². The van der Waals surface area contributed by atoms with Crippen LogP contribution < -0.4 is 5.73 Å². The number of phosphoric acid groups is 1. The molecular formula is C37H76NO7P. The third kappa shape index (κ3) is 34.8. The average molecular weight is 678 g/mol. The molecule has 0 aliphatic carbocycles. The van der Waals surface area contributed by atoms with E-state index in [-0.39, 0.29) is 32.3 Å². The van der Waals surface area contributed by atoms with Gasteiger partial charge in [-0.1, -0.05) is 174 Å². The Morgan fingerprint density at radius 3 is 1.37 bits per heavy atom. The van der Waals surface area contributed by atoms with Gasteiger partial charge in [-0.2, -0.15) is 0 Å². The number of unbranched alkanes of at least 4 members (excludes halogenated alkanes) is 25. The summed E-state index contributed by atoms with van der Waals surface area (Å²) in [5.74, 6) is -0.326. The summed E-state index contributed by atoms with van der Waals surface area (Å²) in [5.41, 5.74) is 5.35. The molecule has 2 atom stereocenters. The molecule has 8 nitrogen and oxygen atoms in total. The second-order valence-electron chi connectivity index (χ2n) is 13.2. The van der Waals surface area contributed by atoms with Gasteiger partial charge in [0.2, 0.25) is 0 Å². The lowest BCUT2D eigenvalue weighted by Gasteiger charge is -2.20. The van der Waals surface area contributed by atoms with E-state index in [4.69, 9.17) is 24.3 Å². The van der Waals surface area contributed by atoms with Crippen LogP contribution in [-0.4, -0.2) is 49.9 Å². The van der Waals surface area contributed by atoms with Gasteiger partial charge in [-0.25, -0.2) is 4.57 Å². The molecule has 0 heterocycles. The Morgan fingerprint density at radius 1 is 0.565 bits per heavy atom. The van der Waals surface area contributed by atoms with Crippen LogP contribution in [0.25, 0.3) is 0 Å². The summed E-state index contributed by atoms with van der Waals surface area (Å²) in [7, 11) is -4.26. The van der Waals surface area contributed by atoms with Crippen LogP contribution in [0.4, 0.5) is 0 Å². The first-order chi connectivity index (χ1) is 22.4. The summed E-state index contributed by atoms with van der Waals surface area (Å²) < 4.78 is 33.3. The molecule has 0 aromatic rings. The van der Waals surface area contributed by atoms with Gasteiger partial charge in [-0.3, -0.25) is 13.8 Å². The molecule has 0 saturated carbocycles. The van der Waals surface area contributed by atoms with Crippen molar-refractivity contribution < 1.29 is 32.8 Å². The lowest BCUT2D eigenvalue weighted by atomic mass is 10.0. The number of rotatable bonds is 38. The number of nitrogens with two attached hydrogens (primary N) is 1. The zero-order valence-electron chi connectivity index (χ0n) is 30.3. The van der Waals surface area contributed by atoms with E-state index in [0.29, 0.717) is 13.0 Å². The highest BCUT2D eigenvalue weighted by Gasteiger charge is 2.25. The predicted molar refractivity (Wildman–Crippen MR) is 192 cm³/mol. The van der Waals surface area contributed by atoms with Gasteiger partial charge in [-0.05, 0) is 12.8 Å². The molecule has 3 N–H and O–H groups in total. The summed E-state index contributed by atoms with van der Waals surface area (Å²) in [6, 6.07) is 0. The Balaban J connectivity index is 4.03. The molecule has 0 fully saturated rings. The fraction of sp³-hybridized carbons (Fsp3) is 0.973. The fourth-order valence-electron chi connectivity index (χ4n) is 5.64. The molecule has 9 heteroatoms. The Hall–Kier alpha value is -0.500. The van der Waals surface area contributed by atoms with Crippen molar-refractivity contribution in [3.05, 3.63) is 0 Å². The summed E-state index contributed by atoms with van der Waals surface area (Å²) in [5, 5.41) is 0. The quantitative estimate of drug-likeness (QED) is 0.0377. The SMILES string of the molecule is CCCCCCCCCCCCCCCCCC(=O)O[C@H](COCCCCCCCCCCCCCC)COP(=O)(O)OCCN. The van der Waals surface area contributed by atoms with Gasteiger partial charge < -0.3 is 20.1 Å². The minimum absolute atomic E-state index is 0.0904. The standard InChI is InChI=1S/C37H76NO7P/c1-3-5-7-9-11-13-15-17-18-19-20-22-24-26-28-30-37(39)45-36(35-44-46(40,41)43-33-31-38)34-42-32-29-27-25-23-21-16-14-12-10-8-6-4-2/h36H,3-35,38H2,1-2H3,(H,40,41)/t36-/m1/s1. The Labute approximate surface area is 284 Å². The highest BCUT2D eigenvalue weighted by atomic mass is 31.2. The van der Waals surface area contributed by atoms with E-state index in [2.05, 4.69) is 13.8 Å². The molecule has 0 amide bonds. The number of esters is 1. The molecule has 0 saturated heterocycles. The second kappa shape index (κ2) is 35.8. The monoisotopic (exact) mass is 678 g/mol. The Bertz CT molecular complexity index is 682. The van der Waals surface area contributed by atoms with E-state index in [9.17, 15) is 14.3 Å². The lowest BCUT2D eigenvalue weighted by molar-refractivity contribution is -0.154. The van der Waals surface area contributed by atoms with E-state index in [0.717, 1.165) is 32.1 Å². The van der Waals surface area contributed by atoms with Crippen molar-refractivity contribution in [1.82, 2.24) is 0 Å². The van der Waals surface area contributed by atoms with Crippen molar-refractivity contribution in [3.63, 3.8) is 0 Å². The normalized spacial score (nSPS) is 13.6. The van der Waals surface area contributed by atoms with Crippen molar-refractivity contribution in [3.8, 4) is 0 Å². The topological polar surface area (TPSA) is 117 Å². The number of hydrogen-bond donors (Lipinski definition) is 2. The lowest BCUT2D eigenvalue weighted by Crippen LogP contribution is -2.28. The summed E-state index contributed by atoms with van der Waals surface area (Å²) in [4.78, 5) is 22.4. The third-order valence-electron chi connectivity index (χ3n) is 8.52. The van der Waals surface area contributed by atoms with Gasteiger partial charge in [0.15, 0.2) is 0 Å². The minimum atomic E-state index is -4.26. The average Bonchev–Trinajstić information content (AvgIpc) is 3.04. The van der Waals surface area contributed by atoms with Crippen molar-refractivity contribution in [2.24, 2.45) is 5.73 Å². The molecule has 0 aliphatic heterocycles. The molecule has 0 radical (unpaired) electrons. The minimum Gasteiger partial charge on any atom is -0.457 e. The molecule has 0 aromatic carbocycles. The molecule has 0 rings (SSSR count). The van der Waals surface area contributed by atoms with Crippen molar-refractivity contribution in [2.75, 3.05) is 33.0 Å². The van der Waals surface area contributed by atoms with Gasteiger partial charge in [0, 0.05) is 19.6 Å². The van der Waals surface area contributed by atoms with Crippen LogP contribution in [0.2, 0.25) is 0 Å². The zero-order valence-corrected chi connectivity index (χ0v) is 31.2. The molecule has 0 bridgehead atoms. The number of hydrogen-bond acceptors (Lipinski definition) is 7. The molecule has 276 valence electrons. The van der Waals surface area contributed by atoms with Gasteiger partial charge in [0.25, 0.3) is 0 Å². The first-order valence-corrected chi connectivity index (χ1v) is 21.0. The van der Waals surface area contributed by atoms with E-state index < -0.39 is 13.9 Å². The summed E-state index contributed by atoms with van der Waals surface area (Å²) in [6.45, 7) is 4.96. The summed E-state index contributed by atoms with van der Waals surface area (Å²) in [6.07, 6.45) is 33.9. The molecule has 46 heavy (non-hydrogen) atoms. The second-order valence-corrected chi connectivity index (χ2v) is 14.6. The van der Waals surface area contributed by atoms with Gasteiger partial charge in [0.1, 0.15) is 6.10 Å². The molecule has 0 spiro atoms. The van der Waals surface area contributed by atoms with Gasteiger partial charge >= 0.3 is 13.8 Å². The van der Waals surface area contributed by atoms with Crippen LogP contribution in [-0.2, 0) is 27.9 Å². The van der Waals surface area contributed by atoms with E-state index in [1.807, 2.05) is 0 Å². The maximum absolute atomic E-state index is 12.5. The van der Waals surface area contributed by atoms with Gasteiger partial charge in [0.05, 0.1) is 19.8 Å². The van der Waals surface area contributed by atoms with E-state index >= 15 is 0 Å². The highest BCUT2D eigenvalue weighted by Crippen LogP contribution is 2.43. The van der Waals surface area contributed by atoms with Crippen LogP contribution in [0, 0.1) is 0 Å². The van der Waals surface area contributed by atoms with Crippen molar-refractivity contribution in [2.45, 2.75) is 200 Å². The molecule has 1 unspecified atom stereocenters. The largest absolute Gasteiger partial charge is 0.472 e. The number of carbonyl (C=O) groups excluding carboxylic acids is 1. The zero-order chi connectivity index (χ0) is 33.8. The fourth-order valence-corrected chi connectivity index (χ4v) is 6.41. The first kappa shape index (κ1) is 45.5. The first-order valence-electron chi connectivity index (χ1n) is 19.5. The molecular weight excluding hydrogens is 601 g/mol. The highest BCUT2D eigenvalue weighted by molar-refractivity contribution is 7.47. The Kier molecular flexibility index (Phi) is 35.4. The summed E-state index contributed by atoms with van der Waals surface area (Å²) >= 11 is 0. The van der Waals surface area contributed by atoms with Crippen molar-refractivity contribution >= 4 is 13.8 Å². The van der Waals surface area contributed by atoms with Crippen LogP contribution >= 0.6 is 7.82 Å². The maximum Gasteiger partial charge on any atom is 0.472 e. The van der Waals surface area contributed by atoms with Crippen LogP contribution in [0.1, 0.15) is 194 Å². The molecule has 0 aliphatic rings. The van der Waals surface area contributed by atoms with Gasteiger partial charge in [-0.15, -0.1) is 0 Å². The Morgan fingerprint density at radius 2 is 0.957 bits per heavy atom. The van der Waals surface area contributed by atoms with Crippen LogP contribution in [0.3, 0.4) is 0 Å². The number of ether oxygens (including phenoxy) is 2. The van der Waals surface area contributed by atoms with Crippen LogP contribution in [0.5, 0.6) is 0 Å². The number of phosphoric ester groups is 1. The van der Waals surface area contributed by atoms with Crippen molar-refractivity contribution in [1.29, 1.82) is 0 Å². The smallest absolute Gasteiger partial charge is 0.457 e. The number of carbonyl (C=O) groups is 1. The van der Waals surface area contributed by atoms with E-state index in [1.165, 1.54) is 141 Å². The van der Waals surface area contributed by atoms with Crippen LogP contribution in [0.15, 0.2) is 0 Å². The third-order valence-corrected chi connectivity index (χ3v) is 9.51. The maximum atomic E-state index is 12.5.